The van der Waals surface area contributed by atoms with Crippen molar-refractivity contribution >= 4 is 13.7 Å². The molecule has 0 heterocycles. The van der Waals surface area contributed by atoms with Crippen molar-refractivity contribution in [1.82, 2.24) is 0 Å². The molecule has 0 unspecified atom stereocenters. The fourth-order valence-corrected chi connectivity index (χ4v) is 5.10. The second-order valence-corrected chi connectivity index (χ2v) is 8.75. The van der Waals surface area contributed by atoms with E-state index in [9.17, 15) is 0 Å². The first kappa shape index (κ1) is 18.1. The van der Waals surface area contributed by atoms with E-state index >= 15 is 0 Å². The SMILES string of the molecule is C=C(C)COCCCCC[Si](OC)(OC)c1ccccc1. The van der Waals surface area contributed by atoms with Crippen molar-refractivity contribution in [2.75, 3.05) is 27.4 Å². The van der Waals surface area contributed by atoms with Crippen LogP contribution in [0.5, 0.6) is 0 Å². The molecule has 0 saturated heterocycles. The molecule has 0 spiro atoms. The van der Waals surface area contributed by atoms with Crippen molar-refractivity contribution in [2.45, 2.75) is 32.2 Å². The summed E-state index contributed by atoms with van der Waals surface area (Å²) in [5.41, 5.74) is 1.07. The molecule has 0 atom stereocenters. The molecule has 4 heteroatoms. The highest BCUT2D eigenvalue weighted by Crippen LogP contribution is 2.17. The highest BCUT2D eigenvalue weighted by molar-refractivity contribution is 6.81. The van der Waals surface area contributed by atoms with E-state index in [1.165, 1.54) is 5.19 Å². The minimum absolute atomic E-state index is 0.666. The molecule has 0 amide bonds. The Kier molecular flexibility index (Phi) is 8.53. The molecule has 3 nitrogen and oxygen atoms in total. The fourth-order valence-electron chi connectivity index (χ4n) is 2.34. The maximum Gasteiger partial charge on any atom is 0.371 e. The summed E-state index contributed by atoms with van der Waals surface area (Å²) in [6.07, 6.45) is 3.30. The van der Waals surface area contributed by atoms with E-state index in [1.807, 2.05) is 25.1 Å². The average molecular weight is 308 g/mol. The molecule has 0 radical (unpaired) electrons. The summed E-state index contributed by atoms with van der Waals surface area (Å²) >= 11 is 0. The summed E-state index contributed by atoms with van der Waals surface area (Å²) in [4.78, 5) is 0. The van der Waals surface area contributed by atoms with Crippen LogP contribution in [-0.2, 0) is 13.6 Å². The molecule has 118 valence electrons. The monoisotopic (exact) mass is 308 g/mol. The molecule has 1 aromatic rings. The second-order valence-electron chi connectivity index (χ2n) is 5.35. The molecule has 0 bridgehead atoms. The lowest BCUT2D eigenvalue weighted by Crippen LogP contribution is -2.52. The van der Waals surface area contributed by atoms with Crippen molar-refractivity contribution in [3.63, 3.8) is 0 Å². The van der Waals surface area contributed by atoms with Gasteiger partial charge in [0.25, 0.3) is 0 Å². The predicted molar refractivity (Wildman–Crippen MR) is 90.1 cm³/mol. The molecule has 0 fully saturated rings. The molecule has 1 aromatic carbocycles. The standard InChI is InChI=1S/C17H28O3Si/c1-16(2)15-20-13-9-6-10-14-21(18-3,19-4)17-11-7-5-8-12-17/h5,7-8,11-12H,1,6,9-10,13-15H2,2-4H3. The van der Waals surface area contributed by atoms with Crippen LogP contribution in [-0.4, -0.2) is 36.0 Å². The molecule has 0 aliphatic heterocycles. The first-order valence-corrected chi connectivity index (χ1v) is 9.55. The molecule has 1 rings (SSSR count). The van der Waals surface area contributed by atoms with Crippen molar-refractivity contribution in [1.29, 1.82) is 0 Å². The highest BCUT2D eigenvalue weighted by Gasteiger charge is 2.37. The zero-order chi connectivity index (χ0) is 15.6. The van der Waals surface area contributed by atoms with E-state index in [1.54, 1.807) is 14.2 Å². The zero-order valence-electron chi connectivity index (χ0n) is 13.6. The van der Waals surface area contributed by atoms with E-state index < -0.39 is 8.56 Å². The predicted octanol–water partition coefficient (Wildman–Crippen LogP) is 3.39. The molecule has 0 aromatic heterocycles. The van der Waals surface area contributed by atoms with Gasteiger partial charge >= 0.3 is 8.56 Å². The van der Waals surface area contributed by atoms with Crippen molar-refractivity contribution in [3.05, 3.63) is 42.5 Å². The summed E-state index contributed by atoms with van der Waals surface area (Å²) in [5.74, 6) is 0. The van der Waals surface area contributed by atoms with Gasteiger partial charge in [0.2, 0.25) is 0 Å². The van der Waals surface area contributed by atoms with Crippen LogP contribution in [0.2, 0.25) is 6.04 Å². The Bertz CT molecular complexity index is 402. The Morgan fingerprint density at radius 3 is 2.29 bits per heavy atom. The number of hydrogen-bond donors (Lipinski definition) is 0. The van der Waals surface area contributed by atoms with E-state index in [4.69, 9.17) is 13.6 Å². The van der Waals surface area contributed by atoms with Gasteiger partial charge in [0.05, 0.1) is 6.61 Å². The maximum absolute atomic E-state index is 5.81. The molecule has 0 saturated carbocycles. The van der Waals surface area contributed by atoms with Crippen molar-refractivity contribution < 1.29 is 13.6 Å². The van der Waals surface area contributed by atoms with Crippen molar-refractivity contribution in [2.24, 2.45) is 0 Å². The highest BCUT2D eigenvalue weighted by atomic mass is 28.4. The van der Waals surface area contributed by atoms with Crippen LogP contribution in [0.25, 0.3) is 0 Å². The van der Waals surface area contributed by atoms with Gasteiger partial charge in [-0.2, -0.15) is 0 Å². The van der Waals surface area contributed by atoms with Crippen LogP contribution in [0, 0.1) is 0 Å². The normalized spacial score (nSPS) is 11.6. The number of unbranched alkanes of at least 4 members (excludes halogenated alkanes) is 2. The van der Waals surface area contributed by atoms with Gasteiger partial charge in [0.15, 0.2) is 0 Å². The lowest BCUT2D eigenvalue weighted by molar-refractivity contribution is 0.151. The van der Waals surface area contributed by atoms with Crippen LogP contribution in [0.3, 0.4) is 0 Å². The number of hydrogen-bond acceptors (Lipinski definition) is 3. The fraction of sp³-hybridized carbons (Fsp3) is 0.529. The van der Waals surface area contributed by atoms with E-state index in [0.29, 0.717) is 6.61 Å². The van der Waals surface area contributed by atoms with Gasteiger partial charge in [-0.05, 0) is 24.6 Å². The van der Waals surface area contributed by atoms with Gasteiger partial charge in [-0.25, -0.2) is 0 Å². The first-order valence-electron chi connectivity index (χ1n) is 7.52. The summed E-state index contributed by atoms with van der Waals surface area (Å²) in [6, 6.07) is 11.3. The van der Waals surface area contributed by atoms with Gasteiger partial charge in [-0.15, -0.1) is 0 Å². The molecular weight excluding hydrogens is 280 g/mol. The topological polar surface area (TPSA) is 27.7 Å². The number of benzene rings is 1. The Labute approximate surface area is 130 Å². The lowest BCUT2D eigenvalue weighted by Gasteiger charge is -2.27. The molecule has 0 aliphatic rings. The van der Waals surface area contributed by atoms with E-state index in [0.717, 1.165) is 37.5 Å². The van der Waals surface area contributed by atoms with Gasteiger partial charge in [-0.3, -0.25) is 0 Å². The summed E-state index contributed by atoms with van der Waals surface area (Å²) in [6.45, 7) is 7.27. The molecule has 0 N–H and O–H groups in total. The number of ether oxygens (including phenoxy) is 1. The minimum atomic E-state index is -2.26. The number of rotatable bonds is 11. The van der Waals surface area contributed by atoms with Gasteiger partial charge < -0.3 is 13.6 Å². The Balaban J connectivity index is 2.37. The third-order valence-electron chi connectivity index (χ3n) is 3.52. The molecule has 21 heavy (non-hydrogen) atoms. The molecular formula is C17H28O3Si. The first-order chi connectivity index (χ1) is 10.1. The minimum Gasteiger partial charge on any atom is -0.394 e. The quantitative estimate of drug-likeness (QED) is 0.356. The molecule has 0 aliphatic carbocycles. The smallest absolute Gasteiger partial charge is 0.371 e. The van der Waals surface area contributed by atoms with Crippen LogP contribution in [0.4, 0.5) is 0 Å². The van der Waals surface area contributed by atoms with Crippen LogP contribution >= 0.6 is 0 Å². The van der Waals surface area contributed by atoms with E-state index in [-0.39, 0.29) is 0 Å². The van der Waals surface area contributed by atoms with Gasteiger partial charge in [0.1, 0.15) is 0 Å². The van der Waals surface area contributed by atoms with Gasteiger partial charge in [-0.1, -0.05) is 55.3 Å². The van der Waals surface area contributed by atoms with Gasteiger partial charge in [0, 0.05) is 20.8 Å². The van der Waals surface area contributed by atoms with Crippen LogP contribution in [0.15, 0.2) is 42.5 Å². The summed E-state index contributed by atoms with van der Waals surface area (Å²) in [5, 5.41) is 1.20. The zero-order valence-corrected chi connectivity index (χ0v) is 14.6. The van der Waals surface area contributed by atoms with Crippen molar-refractivity contribution in [3.8, 4) is 0 Å². The second kappa shape index (κ2) is 9.90. The Hall–Kier alpha value is -0.943. The summed E-state index contributed by atoms with van der Waals surface area (Å²) < 4.78 is 17.1. The lowest BCUT2D eigenvalue weighted by atomic mass is 10.3. The third-order valence-corrected chi connectivity index (χ3v) is 7.06. The maximum atomic E-state index is 5.81. The average Bonchev–Trinajstić information content (AvgIpc) is 2.51. The Morgan fingerprint density at radius 2 is 1.71 bits per heavy atom. The third kappa shape index (κ3) is 6.14. The van der Waals surface area contributed by atoms with E-state index in [2.05, 4.69) is 18.7 Å². The Morgan fingerprint density at radius 1 is 1.05 bits per heavy atom. The largest absolute Gasteiger partial charge is 0.394 e. The van der Waals surface area contributed by atoms with Crippen LogP contribution < -0.4 is 5.19 Å². The summed E-state index contributed by atoms with van der Waals surface area (Å²) in [7, 11) is 1.26. The van der Waals surface area contributed by atoms with Crippen LogP contribution in [0.1, 0.15) is 26.2 Å².